The van der Waals surface area contributed by atoms with Crippen molar-refractivity contribution >= 4 is 40.1 Å². The lowest BCUT2D eigenvalue weighted by Gasteiger charge is -2.17. The highest BCUT2D eigenvalue weighted by Gasteiger charge is 2.34. The van der Waals surface area contributed by atoms with Gasteiger partial charge in [-0.25, -0.2) is 19.6 Å². The first kappa shape index (κ1) is 30.2. The smallest absolute Gasteiger partial charge is 0.434 e. The van der Waals surface area contributed by atoms with Crippen LogP contribution in [0.25, 0.3) is 32.6 Å². The number of thiazole rings is 1. The first-order chi connectivity index (χ1) is 20.6. The summed E-state index contributed by atoms with van der Waals surface area (Å²) in [5, 5.41) is 9.67. The van der Waals surface area contributed by atoms with Crippen molar-refractivity contribution < 1.29 is 27.5 Å². The van der Waals surface area contributed by atoms with E-state index in [1.165, 1.54) is 18.5 Å². The van der Waals surface area contributed by atoms with E-state index in [1.54, 1.807) is 32.0 Å². The largest absolute Gasteiger partial charge is 0.462 e. The van der Waals surface area contributed by atoms with Crippen LogP contribution in [0, 0.1) is 5.92 Å². The third-order valence-corrected chi connectivity index (χ3v) is 7.89. The number of esters is 1. The molecule has 1 aliphatic heterocycles. The maximum Gasteiger partial charge on any atom is 0.434 e. The minimum absolute atomic E-state index is 0.0511. The Balaban J connectivity index is 1.67. The number of nitrogens with zero attached hydrogens (tertiary/aromatic N) is 3. The zero-order valence-electron chi connectivity index (χ0n) is 23.4. The molecule has 14 heteroatoms. The molecule has 4 heterocycles. The second-order valence-corrected chi connectivity index (χ2v) is 10.8. The van der Waals surface area contributed by atoms with E-state index >= 15 is 0 Å². The van der Waals surface area contributed by atoms with Gasteiger partial charge < -0.3 is 19.9 Å². The molecule has 5 rings (SSSR count). The Morgan fingerprint density at radius 1 is 1.21 bits per heavy atom. The quantitative estimate of drug-likeness (QED) is 0.235. The third kappa shape index (κ3) is 6.54. The van der Waals surface area contributed by atoms with Gasteiger partial charge in [0.1, 0.15) is 16.4 Å². The molecule has 0 spiro atoms. The Hall–Kier alpha value is -4.30. The zero-order chi connectivity index (χ0) is 30.7. The molecule has 0 radical (unpaired) electrons. The van der Waals surface area contributed by atoms with E-state index in [0.29, 0.717) is 35.7 Å². The maximum absolute atomic E-state index is 13.6. The molecule has 1 fully saturated rings. The fourth-order valence-electron chi connectivity index (χ4n) is 5.00. The molecule has 43 heavy (non-hydrogen) atoms. The predicted molar refractivity (Wildman–Crippen MR) is 157 cm³/mol. The van der Waals surface area contributed by atoms with Gasteiger partial charge in [0.05, 0.1) is 12.1 Å². The van der Waals surface area contributed by atoms with Crippen molar-refractivity contribution in [3.63, 3.8) is 0 Å². The Labute approximate surface area is 248 Å². The minimum atomic E-state index is -4.64. The second-order valence-electron chi connectivity index (χ2n) is 9.97. The number of urea groups is 1. The van der Waals surface area contributed by atoms with Crippen LogP contribution in [0.1, 0.15) is 36.3 Å². The molecule has 0 unspecified atom stereocenters. The molecule has 2 amide bonds. The van der Waals surface area contributed by atoms with Crippen LogP contribution < -0.4 is 21.4 Å². The average Bonchev–Trinajstić information content (AvgIpc) is 3.67. The van der Waals surface area contributed by atoms with Gasteiger partial charge in [-0.15, -0.1) is 11.3 Å². The number of rotatable bonds is 8. The molecule has 0 aliphatic carbocycles. The van der Waals surface area contributed by atoms with Crippen molar-refractivity contribution in [2.24, 2.45) is 5.92 Å². The second kappa shape index (κ2) is 12.5. The number of carbonyl (C=O) groups excluding carboxylic acids is 2. The highest BCUT2D eigenvalue weighted by Crippen LogP contribution is 2.39. The van der Waals surface area contributed by atoms with Crippen molar-refractivity contribution in [1.29, 1.82) is 0 Å². The lowest BCUT2D eigenvalue weighted by molar-refractivity contribution is -0.140. The number of halogens is 3. The average molecular weight is 615 g/mol. The molecule has 1 aliphatic rings. The molecule has 4 aromatic rings. The third-order valence-electron chi connectivity index (χ3n) is 7.01. The number of hydrogen-bond acceptors (Lipinski definition) is 8. The first-order valence-corrected chi connectivity index (χ1v) is 14.6. The summed E-state index contributed by atoms with van der Waals surface area (Å²) in [5.41, 5.74) is 0.0671. The lowest BCUT2D eigenvalue weighted by Crippen LogP contribution is -2.28. The van der Waals surface area contributed by atoms with E-state index in [4.69, 9.17) is 4.74 Å². The van der Waals surface area contributed by atoms with E-state index in [9.17, 15) is 27.6 Å². The Bertz CT molecular complexity index is 1730. The topological polar surface area (TPSA) is 127 Å². The van der Waals surface area contributed by atoms with Gasteiger partial charge >= 0.3 is 18.2 Å². The number of alkyl halides is 3. The Morgan fingerprint density at radius 3 is 2.70 bits per heavy atom. The van der Waals surface area contributed by atoms with E-state index in [0.717, 1.165) is 36.2 Å². The van der Waals surface area contributed by atoms with Gasteiger partial charge in [-0.1, -0.05) is 6.07 Å². The summed E-state index contributed by atoms with van der Waals surface area (Å²) in [4.78, 5) is 46.6. The summed E-state index contributed by atoms with van der Waals surface area (Å²) >= 11 is 0.795. The summed E-state index contributed by atoms with van der Waals surface area (Å²) in [6.07, 6.45) is -0.759. The van der Waals surface area contributed by atoms with E-state index in [2.05, 4.69) is 25.9 Å². The summed E-state index contributed by atoms with van der Waals surface area (Å²) in [5.74, 6) is -0.330. The highest BCUT2D eigenvalue weighted by molar-refractivity contribution is 7.13. The van der Waals surface area contributed by atoms with Crippen LogP contribution in [0.2, 0.25) is 0 Å². The van der Waals surface area contributed by atoms with Gasteiger partial charge in [-0.05, 0) is 63.0 Å². The molecule has 3 aromatic heterocycles. The molecular weight excluding hydrogens is 585 g/mol. The molecule has 0 bridgehead atoms. The highest BCUT2D eigenvalue weighted by atomic mass is 32.1. The van der Waals surface area contributed by atoms with Crippen molar-refractivity contribution in [2.75, 3.05) is 31.6 Å². The maximum atomic E-state index is 13.6. The number of fused-ring (bicyclic) bond motifs is 1. The molecular formula is C29H29F3N6O4S. The van der Waals surface area contributed by atoms with Gasteiger partial charge in [-0.3, -0.25) is 10.1 Å². The lowest BCUT2D eigenvalue weighted by atomic mass is 9.99. The molecule has 1 saturated heterocycles. The molecule has 1 aromatic carbocycles. The van der Waals surface area contributed by atoms with Gasteiger partial charge in [0.25, 0.3) is 0 Å². The van der Waals surface area contributed by atoms with Crippen LogP contribution in [-0.2, 0) is 17.5 Å². The number of hydrogen-bond donors (Lipinski definition) is 3. The predicted octanol–water partition coefficient (Wildman–Crippen LogP) is 5.13. The number of amides is 2. The van der Waals surface area contributed by atoms with Crippen LogP contribution in [0.15, 0.2) is 46.8 Å². The van der Waals surface area contributed by atoms with Crippen molar-refractivity contribution in [3.8, 4) is 21.7 Å². The molecule has 226 valence electrons. The van der Waals surface area contributed by atoms with Crippen molar-refractivity contribution in [2.45, 2.75) is 33.0 Å². The van der Waals surface area contributed by atoms with Crippen molar-refractivity contribution in [3.05, 3.63) is 63.5 Å². The van der Waals surface area contributed by atoms with Crippen LogP contribution in [0.3, 0.4) is 0 Å². The fourth-order valence-corrected chi connectivity index (χ4v) is 5.85. The van der Waals surface area contributed by atoms with Gasteiger partial charge in [0, 0.05) is 47.4 Å². The number of nitrogens with one attached hydrogen (secondary N) is 3. The van der Waals surface area contributed by atoms with Gasteiger partial charge in [0.15, 0.2) is 5.69 Å². The summed E-state index contributed by atoms with van der Waals surface area (Å²) in [6.45, 7) is 6.11. The monoisotopic (exact) mass is 614 g/mol. The number of anilines is 1. The van der Waals surface area contributed by atoms with E-state index in [1.807, 2.05) is 4.57 Å². The minimum Gasteiger partial charge on any atom is -0.462 e. The van der Waals surface area contributed by atoms with Crippen LogP contribution in [0.4, 0.5) is 23.8 Å². The van der Waals surface area contributed by atoms with Gasteiger partial charge in [0.2, 0.25) is 5.43 Å². The number of pyridine rings is 2. The number of ether oxygens (including phenoxy) is 1. The fraction of sp³-hybridized carbons (Fsp3) is 0.345. The van der Waals surface area contributed by atoms with Crippen LogP contribution >= 0.6 is 11.3 Å². The summed E-state index contributed by atoms with van der Waals surface area (Å²) < 4.78 is 47.3. The number of aromatic nitrogens is 3. The summed E-state index contributed by atoms with van der Waals surface area (Å²) in [7, 11) is 0. The van der Waals surface area contributed by atoms with E-state index in [-0.39, 0.29) is 33.9 Å². The SMILES string of the molecule is CCNC(=O)Nc1cc(-c2nc(C(F)(F)F)cs2)c(-c2ccc3c(c2)c(=O)c(C(=O)OCC)cn3C[C@@H]2CCNC2)cn1. The zero-order valence-corrected chi connectivity index (χ0v) is 24.2. The Kier molecular flexibility index (Phi) is 8.78. The standard InChI is InChI=1S/C29H29F3N6O4S/c1-3-34-28(41)37-24-10-18(26-36-23(15-43-26)29(30,31)32)20(12-35-24)17-5-6-22-19(9-17)25(39)21(27(40)42-4-2)14-38(22)13-16-7-8-33-11-16/h5-6,9-10,12,14-16,33H,3-4,7-8,11,13H2,1-2H3,(H2,34,35,37,41)/t16-/m1/s1. The van der Waals surface area contributed by atoms with Crippen LogP contribution in [-0.4, -0.2) is 52.8 Å². The number of benzene rings is 1. The Morgan fingerprint density at radius 2 is 2.02 bits per heavy atom. The molecule has 3 N–H and O–H groups in total. The normalized spacial score (nSPS) is 15.0. The van der Waals surface area contributed by atoms with Crippen molar-refractivity contribution in [1.82, 2.24) is 25.2 Å². The first-order valence-electron chi connectivity index (χ1n) is 13.7. The summed E-state index contributed by atoms with van der Waals surface area (Å²) in [6, 6.07) is 5.99. The molecule has 1 atom stereocenters. The van der Waals surface area contributed by atoms with E-state index < -0.39 is 29.3 Å². The molecule has 0 saturated carbocycles. The van der Waals surface area contributed by atoms with Crippen LogP contribution in [0.5, 0.6) is 0 Å². The number of carbonyl (C=O) groups is 2. The van der Waals surface area contributed by atoms with Gasteiger partial charge in [-0.2, -0.15) is 13.2 Å². The molecule has 10 nitrogen and oxygen atoms in total.